The van der Waals surface area contributed by atoms with E-state index in [1.807, 2.05) is 71.0 Å². The molecule has 256 valence electrons. The highest BCUT2D eigenvalue weighted by atomic mass is 16.5. The molecule has 9 nitrogen and oxygen atoms in total. The number of rotatable bonds is 13. The minimum atomic E-state index is -0.687. The molecular formula is C37H58N4O5. The van der Waals surface area contributed by atoms with Crippen molar-refractivity contribution in [2.75, 3.05) is 20.1 Å². The first-order valence-electron chi connectivity index (χ1n) is 17.4. The molecule has 5 atom stereocenters. The molecule has 0 bridgehead atoms. The SMILES string of the molecule is CCC(OC(=O)[C@@H]1CCCN1C(=O)/C(C)=C/[C@H](C(C)C)N(C)C(=O)[C@@H](NC(=O)C1CCCCN1C(C)C)C(C)C)c1ccccc1. The van der Waals surface area contributed by atoms with E-state index < -0.39 is 12.1 Å². The summed E-state index contributed by atoms with van der Waals surface area (Å²) in [7, 11) is 1.74. The number of hydrogen-bond acceptors (Lipinski definition) is 6. The van der Waals surface area contributed by atoms with E-state index in [0.29, 0.717) is 25.0 Å². The Hall–Kier alpha value is -3.20. The largest absolute Gasteiger partial charge is 0.456 e. The lowest BCUT2D eigenvalue weighted by molar-refractivity contribution is -0.157. The second kappa shape index (κ2) is 17.1. The molecule has 1 aromatic carbocycles. The molecule has 1 N–H and O–H groups in total. The molecule has 2 fully saturated rings. The first kappa shape index (κ1) is 37.3. The number of ether oxygens (including phenoxy) is 1. The number of esters is 1. The van der Waals surface area contributed by atoms with Gasteiger partial charge in [0.2, 0.25) is 17.7 Å². The van der Waals surface area contributed by atoms with Gasteiger partial charge in [0.1, 0.15) is 18.2 Å². The first-order chi connectivity index (χ1) is 21.8. The minimum Gasteiger partial charge on any atom is -0.456 e. The third kappa shape index (κ3) is 9.20. The van der Waals surface area contributed by atoms with Gasteiger partial charge in [0.15, 0.2) is 0 Å². The number of amides is 3. The third-order valence-corrected chi connectivity index (χ3v) is 9.56. The first-order valence-corrected chi connectivity index (χ1v) is 17.4. The van der Waals surface area contributed by atoms with Crippen LogP contribution >= 0.6 is 0 Å². The summed E-state index contributed by atoms with van der Waals surface area (Å²) in [5.41, 5.74) is 1.41. The number of nitrogens with zero attached hydrogens (tertiary/aromatic N) is 3. The van der Waals surface area contributed by atoms with Crippen molar-refractivity contribution in [3.05, 3.63) is 47.5 Å². The van der Waals surface area contributed by atoms with Gasteiger partial charge in [-0.3, -0.25) is 19.3 Å². The Morgan fingerprint density at radius 2 is 1.59 bits per heavy atom. The number of carbonyl (C=O) groups excluding carboxylic acids is 4. The van der Waals surface area contributed by atoms with Gasteiger partial charge < -0.3 is 19.9 Å². The average molecular weight is 639 g/mol. The highest BCUT2D eigenvalue weighted by Gasteiger charge is 2.38. The van der Waals surface area contributed by atoms with Gasteiger partial charge >= 0.3 is 5.97 Å². The minimum absolute atomic E-state index is 0.00511. The van der Waals surface area contributed by atoms with Gasteiger partial charge in [0.25, 0.3) is 0 Å². The van der Waals surface area contributed by atoms with Crippen LogP contribution in [0.5, 0.6) is 0 Å². The molecule has 3 rings (SSSR count). The average Bonchev–Trinajstić information content (AvgIpc) is 3.54. The Bertz CT molecular complexity index is 1210. The smallest absolute Gasteiger partial charge is 0.329 e. The number of likely N-dealkylation sites (tertiary alicyclic amines) is 2. The molecule has 2 saturated heterocycles. The fourth-order valence-electron chi connectivity index (χ4n) is 6.82. The molecule has 2 unspecified atom stereocenters. The Kier molecular flexibility index (Phi) is 13.8. The van der Waals surface area contributed by atoms with E-state index in [4.69, 9.17) is 4.74 Å². The standard InChI is InChI=1S/C37H58N4O5/c1-10-32(28-17-12-11-13-18-28)46-37(45)30-20-16-22-41(30)35(43)27(8)23-31(24(2)3)39(9)36(44)33(25(4)5)38-34(42)29-19-14-15-21-40(29)26(6)7/h11-13,17-18,23-26,29-33H,10,14-16,19-22H2,1-9H3,(H,38,42)/b27-23+/t29?,30-,31+,32?,33-/m0/s1. The highest BCUT2D eigenvalue weighted by Crippen LogP contribution is 2.27. The summed E-state index contributed by atoms with van der Waals surface area (Å²) in [5.74, 6) is -0.995. The van der Waals surface area contributed by atoms with E-state index in [9.17, 15) is 19.2 Å². The maximum atomic E-state index is 14.0. The van der Waals surface area contributed by atoms with Crippen LogP contribution in [0.2, 0.25) is 0 Å². The Morgan fingerprint density at radius 3 is 2.17 bits per heavy atom. The van der Waals surface area contributed by atoms with Crippen LogP contribution in [0.15, 0.2) is 42.0 Å². The summed E-state index contributed by atoms with van der Waals surface area (Å²) in [6, 6.07) is 7.96. The Labute approximate surface area is 277 Å². The maximum Gasteiger partial charge on any atom is 0.329 e. The van der Waals surface area contributed by atoms with E-state index in [-0.39, 0.29) is 59.8 Å². The van der Waals surface area contributed by atoms with E-state index in [1.165, 1.54) is 0 Å². The van der Waals surface area contributed by atoms with Crippen molar-refractivity contribution in [3.63, 3.8) is 0 Å². The second-order valence-electron chi connectivity index (χ2n) is 14.0. The number of carbonyl (C=O) groups is 4. The molecule has 0 spiro atoms. The zero-order valence-electron chi connectivity index (χ0n) is 29.6. The molecule has 0 saturated carbocycles. The summed E-state index contributed by atoms with van der Waals surface area (Å²) in [6.07, 6.45) is 6.24. The van der Waals surface area contributed by atoms with Crippen molar-refractivity contribution < 1.29 is 23.9 Å². The van der Waals surface area contributed by atoms with Crippen molar-refractivity contribution in [1.82, 2.24) is 20.0 Å². The van der Waals surface area contributed by atoms with E-state index in [2.05, 4.69) is 24.1 Å². The normalized spacial score (nSPS) is 21.3. The molecular weight excluding hydrogens is 580 g/mol. The van der Waals surface area contributed by atoms with Crippen LogP contribution in [0.1, 0.15) is 106 Å². The maximum absolute atomic E-state index is 14.0. The fourth-order valence-corrected chi connectivity index (χ4v) is 6.82. The lowest BCUT2D eigenvalue weighted by atomic mass is 9.95. The highest BCUT2D eigenvalue weighted by molar-refractivity contribution is 5.96. The van der Waals surface area contributed by atoms with Gasteiger partial charge in [0.05, 0.1) is 12.1 Å². The predicted molar refractivity (Wildman–Crippen MR) is 182 cm³/mol. The number of likely N-dealkylation sites (N-methyl/N-ethyl adjacent to an activating group) is 1. The topological polar surface area (TPSA) is 99.3 Å². The molecule has 2 aliphatic rings. The molecule has 0 aromatic heterocycles. The fraction of sp³-hybridized carbons (Fsp3) is 0.676. The zero-order chi connectivity index (χ0) is 34.1. The van der Waals surface area contributed by atoms with Gasteiger partial charge in [-0.1, -0.05) is 77.4 Å². The summed E-state index contributed by atoms with van der Waals surface area (Å²) < 4.78 is 5.92. The Morgan fingerprint density at radius 1 is 0.935 bits per heavy atom. The molecule has 0 aliphatic carbocycles. The molecule has 2 aliphatic heterocycles. The third-order valence-electron chi connectivity index (χ3n) is 9.56. The monoisotopic (exact) mass is 638 g/mol. The van der Waals surface area contributed by atoms with E-state index in [0.717, 1.165) is 37.8 Å². The van der Waals surface area contributed by atoms with Gasteiger partial charge in [-0.2, -0.15) is 0 Å². The lowest BCUT2D eigenvalue weighted by Crippen LogP contribution is -2.58. The number of nitrogens with one attached hydrogen (secondary N) is 1. The van der Waals surface area contributed by atoms with Crippen molar-refractivity contribution in [1.29, 1.82) is 0 Å². The van der Waals surface area contributed by atoms with Gasteiger partial charge in [0, 0.05) is 25.2 Å². The molecule has 1 aromatic rings. The van der Waals surface area contributed by atoms with Gasteiger partial charge in [-0.15, -0.1) is 0 Å². The number of benzene rings is 1. The van der Waals surface area contributed by atoms with Crippen LogP contribution in [0.4, 0.5) is 0 Å². The predicted octanol–water partition coefficient (Wildman–Crippen LogP) is 5.50. The molecule has 3 amide bonds. The van der Waals surface area contributed by atoms with Crippen LogP contribution in [-0.2, 0) is 23.9 Å². The summed E-state index contributed by atoms with van der Waals surface area (Å²) in [6.45, 7) is 17.2. The molecule has 0 radical (unpaired) electrons. The summed E-state index contributed by atoms with van der Waals surface area (Å²) in [5, 5.41) is 3.10. The van der Waals surface area contributed by atoms with Crippen molar-refractivity contribution >= 4 is 23.7 Å². The zero-order valence-corrected chi connectivity index (χ0v) is 29.6. The van der Waals surface area contributed by atoms with Crippen LogP contribution in [0.25, 0.3) is 0 Å². The quantitative estimate of drug-likeness (QED) is 0.226. The van der Waals surface area contributed by atoms with Crippen LogP contribution < -0.4 is 5.32 Å². The van der Waals surface area contributed by atoms with E-state index in [1.54, 1.807) is 23.8 Å². The Balaban J connectivity index is 1.74. The number of piperidine rings is 1. The molecule has 2 heterocycles. The van der Waals surface area contributed by atoms with Crippen LogP contribution in [-0.4, -0.2) is 88.7 Å². The second-order valence-corrected chi connectivity index (χ2v) is 14.0. The van der Waals surface area contributed by atoms with Crippen LogP contribution in [0, 0.1) is 11.8 Å². The number of hydrogen-bond donors (Lipinski definition) is 1. The van der Waals surface area contributed by atoms with Crippen molar-refractivity contribution in [3.8, 4) is 0 Å². The van der Waals surface area contributed by atoms with Crippen molar-refractivity contribution in [2.45, 2.75) is 130 Å². The molecule has 9 heteroatoms. The van der Waals surface area contributed by atoms with Gasteiger partial charge in [-0.25, -0.2) is 4.79 Å². The summed E-state index contributed by atoms with van der Waals surface area (Å²) >= 11 is 0. The van der Waals surface area contributed by atoms with Crippen LogP contribution in [0.3, 0.4) is 0 Å². The molecule has 46 heavy (non-hydrogen) atoms. The lowest BCUT2D eigenvalue weighted by Gasteiger charge is -2.39. The van der Waals surface area contributed by atoms with E-state index >= 15 is 0 Å². The van der Waals surface area contributed by atoms with Gasteiger partial charge in [-0.05, 0) is 76.8 Å². The summed E-state index contributed by atoms with van der Waals surface area (Å²) in [4.78, 5) is 60.1. The van der Waals surface area contributed by atoms with Crippen molar-refractivity contribution in [2.24, 2.45) is 11.8 Å².